The fraction of sp³-hybridized carbons (Fsp3) is 0.409. The van der Waals surface area contributed by atoms with Gasteiger partial charge in [0.15, 0.2) is 0 Å². The van der Waals surface area contributed by atoms with E-state index < -0.39 is 0 Å². The van der Waals surface area contributed by atoms with Crippen molar-refractivity contribution >= 4 is 16.8 Å². The maximum absolute atomic E-state index is 12.9. The first-order valence-corrected chi connectivity index (χ1v) is 9.94. The van der Waals surface area contributed by atoms with E-state index in [0.29, 0.717) is 12.1 Å². The van der Waals surface area contributed by atoms with Gasteiger partial charge in [-0.2, -0.15) is 5.10 Å². The zero-order valence-electron chi connectivity index (χ0n) is 17.2. The van der Waals surface area contributed by atoms with Crippen molar-refractivity contribution in [2.75, 3.05) is 26.2 Å². The molecule has 0 atom stereocenters. The number of rotatable bonds is 8. The second kappa shape index (κ2) is 8.97. The van der Waals surface area contributed by atoms with Crippen molar-refractivity contribution in [1.82, 2.24) is 25.0 Å². The van der Waals surface area contributed by atoms with Gasteiger partial charge in [0.05, 0.1) is 22.5 Å². The third kappa shape index (κ3) is 4.39. The van der Waals surface area contributed by atoms with Crippen LogP contribution in [0.1, 0.15) is 36.3 Å². The number of amides is 1. The van der Waals surface area contributed by atoms with E-state index in [1.54, 1.807) is 4.68 Å². The van der Waals surface area contributed by atoms with E-state index >= 15 is 0 Å². The standard InChI is InChI=1S/C22H29N5O/c1-5-27(6-2)13-9-12-23-22(28)18-14-21(19-15-26(4)25-16(19)3)24-20-11-8-7-10-17(18)20/h7-8,10-11,14-15H,5-6,9,12-13H2,1-4H3,(H,23,28). The normalized spacial score (nSPS) is 11.3. The van der Waals surface area contributed by atoms with Crippen molar-refractivity contribution in [3.8, 4) is 11.3 Å². The third-order valence-corrected chi connectivity index (χ3v) is 5.08. The van der Waals surface area contributed by atoms with Crippen molar-refractivity contribution < 1.29 is 4.79 Å². The number of para-hydroxylation sites is 1. The van der Waals surface area contributed by atoms with Crippen LogP contribution in [0.3, 0.4) is 0 Å². The minimum Gasteiger partial charge on any atom is -0.352 e. The minimum absolute atomic E-state index is 0.0547. The highest BCUT2D eigenvalue weighted by Crippen LogP contribution is 2.26. The molecule has 1 N–H and O–H groups in total. The van der Waals surface area contributed by atoms with Crippen LogP contribution in [-0.4, -0.2) is 51.8 Å². The van der Waals surface area contributed by atoms with Gasteiger partial charge in [0.25, 0.3) is 5.91 Å². The molecule has 1 amide bonds. The quantitative estimate of drug-likeness (QED) is 0.609. The molecule has 0 saturated heterocycles. The summed E-state index contributed by atoms with van der Waals surface area (Å²) in [5, 5.41) is 8.36. The number of benzene rings is 1. The lowest BCUT2D eigenvalue weighted by molar-refractivity contribution is 0.0953. The summed E-state index contributed by atoms with van der Waals surface area (Å²) >= 11 is 0. The van der Waals surface area contributed by atoms with Crippen LogP contribution in [0, 0.1) is 6.92 Å². The maximum Gasteiger partial charge on any atom is 0.252 e. The molecule has 0 aliphatic rings. The van der Waals surface area contributed by atoms with Crippen LogP contribution in [0.2, 0.25) is 0 Å². The number of aromatic nitrogens is 3. The fourth-order valence-electron chi connectivity index (χ4n) is 3.49. The van der Waals surface area contributed by atoms with Gasteiger partial charge >= 0.3 is 0 Å². The fourth-order valence-corrected chi connectivity index (χ4v) is 3.49. The zero-order chi connectivity index (χ0) is 20.1. The summed E-state index contributed by atoms with van der Waals surface area (Å²) in [7, 11) is 1.89. The van der Waals surface area contributed by atoms with Crippen LogP contribution < -0.4 is 5.32 Å². The Morgan fingerprint density at radius 1 is 1.21 bits per heavy atom. The molecule has 3 aromatic rings. The Balaban J connectivity index is 1.85. The third-order valence-electron chi connectivity index (χ3n) is 5.08. The maximum atomic E-state index is 12.9. The lowest BCUT2D eigenvalue weighted by Gasteiger charge is -2.17. The summed E-state index contributed by atoms with van der Waals surface area (Å²) in [6, 6.07) is 9.66. The first kappa shape index (κ1) is 20.0. The molecule has 0 fully saturated rings. The zero-order valence-corrected chi connectivity index (χ0v) is 17.2. The van der Waals surface area contributed by atoms with Crippen LogP contribution in [-0.2, 0) is 7.05 Å². The van der Waals surface area contributed by atoms with Crippen LogP contribution in [0.25, 0.3) is 22.2 Å². The molecule has 0 saturated carbocycles. The number of pyridine rings is 1. The number of hydrogen-bond acceptors (Lipinski definition) is 4. The smallest absolute Gasteiger partial charge is 0.252 e. The van der Waals surface area contributed by atoms with E-state index in [0.717, 1.165) is 53.9 Å². The van der Waals surface area contributed by atoms with Crippen molar-refractivity contribution in [2.45, 2.75) is 27.2 Å². The van der Waals surface area contributed by atoms with Crippen LogP contribution >= 0.6 is 0 Å². The van der Waals surface area contributed by atoms with E-state index in [4.69, 9.17) is 4.98 Å². The van der Waals surface area contributed by atoms with Crippen LogP contribution in [0.5, 0.6) is 0 Å². The molecule has 0 aliphatic carbocycles. The average Bonchev–Trinajstić information content (AvgIpc) is 3.05. The largest absolute Gasteiger partial charge is 0.352 e. The number of hydrogen-bond donors (Lipinski definition) is 1. The molecule has 148 valence electrons. The van der Waals surface area contributed by atoms with Gasteiger partial charge < -0.3 is 10.2 Å². The van der Waals surface area contributed by atoms with Gasteiger partial charge in [0, 0.05) is 30.7 Å². The summed E-state index contributed by atoms with van der Waals surface area (Å²) < 4.78 is 1.77. The highest BCUT2D eigenvalue weighted by atomic mass is 16.1. The molecular weight excluding hydrogens is 350 g/mol. The Hall–Kier alpha value is -2.73. The van der Waals surface area contributed by atoms with E-state index in [1.807, 2.05) is 50.5 Å². The Bertz CT molecular complexity index is 959. The molecule has 2 aromatic heterocycles. The van der Waals surface area contributed by atoms with Gasteiger partial charge in [-0.3, -0.25) is 9.48 Å². The van der Waals surface area contributed by atoms with Crippen LogP contribution in [0.15, 0.2) is 36.5 Å². The van der Waals surface area contributed by atoms with Gasteiger partial charge in [-0.15, -0.1) is 0 Å². The summed E-state index contributed by atoms with van der Waals surface area (Å²) in [6.07, 6.45) is 2.88. The molecule has 0 unspecified atom stereocenters. The van der Waals surface area contributed by atoms with Gasteiger partial charge in [-0.25, -0.2) is 4.98 Å². The Kier molecular flexibility index (Phi) is 6.41. The molecule has 2 heterocycles. The van der Waals surface area contributed by atoms with Crippen molar-refractivity contribution in [1.29, 1.82) is 0 Å². The summed E-state index contributed by atoms with van der Waals surface area (Å²) in [5.74, 6) is -0.0547. The second-order valence-electron chi connectivity index (χ2n) is 7.01. The first-order valence-electron chi connectivity index (χ1n) is 9.94. The topological polar surface area (TPSA) is 63.1 Å². The molecule has 1 aromatic carbocycles. The van der Waals surface area contributed by atoms with Crippen molar-refractivity contribution in [2.24, 2.45) is 7.05 Å². The molecular formula is C22H29N5O. The summed E-state index contributed by atoms with van der Waals surface area (Å²) in [6.45, 7) is 10.00. The molecule has 6 heteroatoms. The van der Waals surface area contributed by atoms with Gasteiger partial charge in [-0.05, 0) is 45.1 Å². The van der Waals surface area contributed by atoms with Gasteiger partial charge in [0.1, 0.15) is 0 Å². The van der Waals surface area contributed by atoms with Crippen LogP contribution in [0.4, 0.5) is 0 Å². The SMILES string of the molecule is CCN(CC)CCCNC(=O)c1cc(-c2cn(C)nc2C)nc2ccccc12. The van der Waals surface area contributed by atoms with Crippen molar-refractivity contribution in [3.05, 3.63) is 47.8 Å². The number of carbonyl (C=O) groups excluding carboxylic acids is 1. The Labute approximate surface area is 166 Å². The second-order valence-corrected chi connectivity index (χ2v) is 7.01. The van der Waals surface area contributed by atoms with Crippen molar-refractivity contribution in [3.63, 3.8) is 0 Å². The Morgan fingerprint density at radius 2 is 1.96 bits per heavy atom. The minimum atomic E-state index is -0.0547. The number of nitrogens with one attached hydrogen (secondary N) is 1. The molecule has 3 rings (SSSR count). The lowest BCUT2D eigenvalue weighted by atomic mass is 10.0. The lowest BCUT2D eigenvalue weighted by Crippen LogP contribution is -2.30. The Morgan fingerprint density at radius 3 is 2.64 bits per heavy atom. The molecule has 28 heavy (non-hydrogen) atoms. The number of nitrogens with zero attached hydrogens (tertiary/aromatic N) is 4. The van der Waals surface area contributed by atoms with Gasteiger partial charge in [-0.1, -0.05) is 32.0 Å². The van der Waals surface area contributed by atoms with E-state index in [9.17, 15) is 4.79 Å². The molecule has 0 spiro atoms. The number of fused-ring (bicyclic) bond motifs is 1. The van der Waals surface area contributed by atoms with E-state index in [1.165, 1.54) is 0 Å². The first-order chi connectivity index (χ1) is 13.5. The van der Waals surface area contributed by atoms with E-state index in [-0.39, 0.29) is 5.91 Å². The monoisotopic (exact) mass is 379 g/mol. The summed E-state index contributed by atoms with van der Waals surface area (Å²) in [5.41, 5.74) is 4.10. The molecule has 0 aliphatic heterocycles. The molecule has 0 bridgehead atoms. The predicted molar refractivity (Wildman–Crippen MR) is 113 cm³/mol. The number of aryl methyl sites for hydroxylation is 2. The predicted octanol–water partition coefficient (Wildman–Crippen LogP) is 3.41. The van der Waals surface area contributed by atoms with Gasteiger partial charge in [0.2, 0.25) is 0 Å². The highest BCUT2D eigenvalue weighted by molar-refractivity contribution is 6.07. The highest BCUT2D eigenvalue weighted by Gasteiger charge is 2.16. The average molecular weight is 380 g/mol. The molecule has 6 nitrogen and oxygen atoms in total. The molecule has 0 radical (unpaired) electrons. The number of carbonyl (C=O) groups is 1. The summed E-state index contributed by atoms with van der Waals surface area (Å²) in [4.78, 5) is 20.1. The van der Waals surface area contributed by atoms with E-state index in [2.05, 4.69) is 29.2 Å².